The smallest absolute Gasteiger partial charge is 0.237 e. The minimum absolute atomic E-state index is 0.0385. The lowest BCUT2D eigenvalue weighted by Gasteiger charge is -2.13. The topological polar surface area (TPSA) is 84.2 Å². The highest BCUT2D eigenvalue weighted by Crippen LogP contribution is 2.18. The van der Waals surface area contributed by atoms with E-state index in [9.17, 15) is 9.59 Å². The predicted molar refractivity (Wildman–Crippen MR) is 57.1 cm³/mol. The molecule has 0 aliphatic heterocycles. The number of carbonyl (C=O) groups is 2. The SMILES string of the molecule is CC(NCCCC(N)=O)C(=O)NC1CC1. The van der Waals surface area contributed by atoms with Crippen LogP contribution in [0.15, 0.2) is 0 Å². The highest BCUT2D eigenvalue weighted by molar-refractivity contribution is 5.81. The van der Waals surface area contributed by atoms with Crippen LogP contribution in [0, 0.1) is 0 Å². The minimum Gasteiger partial charge on any atom is -0.370 e. The van der Waals surface area contributed by atoms with Crippen LogP contribution in [0.2, 0.25) is 0 Å². The zero-order chi connectivity index (χ0) is 11.3. The van der Waals surface area contributed by atoms with Crippen molar-refractivity contribution in [1.29, 1.82) is 0 Å². The maximum Gasteiger partial charge on any atom is 0.237 e. The fourth-order valence-electron chi connectivity index (χ4n) is 1.23. The highest BCUT2D eigenvalue weighted by Gasteiger charge is 2.25. The summed E-state index contributed by atoms with van der Waals surface area (Å²) >= 11 is 0. The van der Waals surface area contributed by atoms with Gasteiger partial charge in [0.1, 0.15) is 0 Å². The van der Waals surface area contributed by atoms with Crippen molar-refractivity contribution in [3.05, 3.63) is 0 Å². The molecule has 1 rings (SSSR count). The molecule has 1 aliphatic rings. The lowest BCUT2D eigenvalue weighted by molar-refractivity contribution is -0.122. The third kappa shape index (κ3) is 5.37. The van der Waals surface area contributed by atoms with Gasteiger partial charge in [-0.1, -0.05) is 0 Å². The van der Waals surface area contributed by atoms with E-state index in [2.05, 4.69) is 10.6 Å². The van der Waals surface area contributed by atoms with Crippen molar-refractivity contribution in [3.8, 4) is 0 Å². The summed E-state index contributed by atoms with van der Waals surface area (Å²) in [5, 5.41) is 5.96. The van der Waals surface area contributed by atoms with Gasteiger partial charge in [-0.25, -0.2) is 0 Å². The molecule has 0 saturated heterocycles. The zero-order valence-corrected chi connectivity index (χ0v) is 9.08. The van der Waals surface area contributed by atoms with Crippen LogP contribution in [-0.2, 0) is 9.59 Å². The number of rotatable bonds is 7. The lowest BCUT2D eigenvalue weighted by atomic mass is 10.2. The number of nitrogens with two attached hydrogens (primary N) is 1. The molecule has 1 fully saturated rings. The fraction of sp³-hybridized carbons (Fsp3) is 0.800. The van der Waals surface area contributed by atoms with Crippen LogP contribution in [0.25, 0.3) is 0 Å². The lowest BCUT2D eigenvalue weighted by Crippen LogP contribution is -2.43. The van der Waals surface area contributed by atoms with Crippen molar-refractivity contribution in [2.75, 3.05) is 6.54 Å². The summed E-state index contributed by atoms with van der Waals surface area (Å²) in [7, 11) is 0. The van der Waals surface area contributed by atoms with E-state index in [0.717, 1.165) is 12.8 Å². The maximum absolute atomic E-state index is 11.5. The van der Waals surface area contributed by atoms with Gasteiger partial charge >= 0.3 is 0 Å². The molecule has 1 unspecified atom stereocenters. The van der Waals surface area contributed by atoms with E-state index in [0.29, 0.717) is 25.4 Å². The van der Waals surface area contributed by atoms with Gasteiger partial charge in [0.2, 0.25) is 11.8 Å². The average Bonchev–Trinajstić information content (AvgIpc) is 2.95. The molecule has 86 valence electrons. The summed E-state index contributed by atoms with van der Waals surface area (Å²) in [4.78, 5) is 21.9. The molecule has 1 atom stereocenters. The van der Waals surface area contributed by atoms with Gasteiger partial charge in [0.25, 0.3) is 0 Å². The van der Waals surface area contributed by atoms with Gasteiger partial charge in [0, 0.05) is 12.5 Å². The van der Waals surface area contributed by atoms with E-state index in [1.165, 1.54) is 0 Å². The molecular formula is C10H19N3O2. The summed E-state index contributed by atoms with van der Waals surface area (Å²) in [5.41, 5.74) is 5.00. The predicted octanol–water partition coefficient (Wildman–Crippen LogP) is -0.491. The number of carbonyl (C=O) groups excluding carboxylic acids is 2. The van der Waals surface area contributed by atoms with Gasteiger partial charge in [-0.15, -0.1) is 0 Å². The quantitative estimate of drug-likeness (QED) is 0.499. The summed E-state index contributed by atoms with van der Waals surface area (Å²) in [6.45, 7) is 2.46. The van der Waals surface area contributed by atoms with Gasteiger partial charge in [-0.05, 0) is 32.7 Å². The normalized spacial score (nSPS) is 17.1. The van der Waals surface area contributed by atoms with Gasteiger partial charge < -0.3 is 16.4 Å². The largest absolute Gasteiger partial charge is 0.370 e. The fourth-order valence-corrected chi connectivity index (χ4v) is 1.23. The second-order valence-corrected chi connectivity index (χ2v) is 4.03. The average molecular weight is 213 g/mol. The Kier molecular flexibility index (Phi) is 4.55. The summed E-state index contributed by atoms with van der Waals surface area (Å²) < 4.78 is 0. The van der Waals surface area contributed by atoms with Crippen LogP contribution in [-0.4, -0.2) is 30.4 Å². The molecule has 15 heavy (non-hydrogen) atoms. The second kappa shape index (κ2) is 5.70. The third-order valence-corrected chi connectivity index (χ3v) is 2.37. The van der Waals surface area contributed by atoms with E-state index in [1.54, 1.807) is 0 Å². The van der Waals surface area contributed by atoms with Crippen molar-refractivity contribution in [3.63, 3.8) is 0 Å². The van der Waals surface area contributed by atoms with Gasteiger partial charge in [0.15, 0.2) is 0 Å². The first kappa shape index (κ1) is 12.0. The Morgan fingerprint density at radius 2 is 2.13 bits per heavy atom. The zero-order valence-electron chi connectivity index (χ0n) is 9.08. The van der Waals surface area contributed by atoms with Crippen molar-refractivity contribution < 1.29 is 9.59 Å². The Bertz CT molecular complexity index is 239. The molecule has 0 radical (unpaired) electrons. The molecule has 0 bridgehead atoms. The Morgan fingerprint density at radius 3 is 2.67 bits per heavy atom. The van der Waals surface area contributed by atoms with Crippen LogP contribution in [0.1, 0.15) is 32.6 Å². The second-order valence-electron chi connectivity index (χ2n) is 4.03. The van der Waals surface area contributed by atoms with Crippen LogP contribution < -0.4 is 16.4 Å². The van der Waals surface area contributed by atoms with Crippen LogP contribution in [0.4, 0.5) is 0 Å². The van der Waals surface area contributed by atoms with Crippen LogP contribution >= 0.6 is 0 Å². The number of nitrogens with one attached hydrogen (secondary N) is 2. The van der Waals surface area contributed by atoms with Crippen molar-refractivity contribution in [1.82, 2.24) is 10.6 Å². The molecule has 0 aromatic carbocycles. The van der Waals surface area contributed by atoms with Gasteiger partial charge in [-0.3, -0.25) is 9.59 Å². The maximum atomic E-state index is 11.5. The van der Waals surface area contributed by atoms with E-state index >= 15 is 0 Å². The number of primary amides is 1. The van der Waals surface area contributed by atoms with E-state index in [-0.39, 0.29) is 17.9 Å². The molecule has 1 aliphatic carbocycles. The molecule has 0 heterocycles. The summed E-state index contributed by atoms with van der Waals surface area (Å²) in [6.07, 6.45) is 3.24. The first-order valence-electron chi connectivity index (χ1n) is 5.41. The molecule has 4 N–H and O–H groups in total. The Morgan fingerprint density at radius 1 is 1.47 bits per heavy atom. The first-order chi connectivity index (χ1) is 7.09. The molecular weight excluding hydrogens is 194 g/mol. The summed E-state index contributed by atoms with van der Waals surface area (Å²) in [6, 6.07) is 0.200. The Balaban J connectivity index is 2.03. The molecule has 1 saturated carbocycles. The van der Waals surface area contributed by atoms with Crippen LogP contribution in [0.5, 0.6) is 0 Å². The monoisotopic (exact) mass is 213 g/mol. The Hall–Kier alpha value is -1.10. The minimum atomic E-state index is -0.299. The highest BCUT2D eigenvalue weighted by atomic mass is 16.2. The third-order valence-electron chi connectivity index (χ3n) is 2.37. The molecule has 5 nitrogen and oxygen atoms in total. The van der Waals surface area contributed by atoms with Crippen molar-refractivity contribution >= 4 is 11.8 Å². The molecule has 0 aromatic rings. The van der Waals surface area contributed by atoms with Crippen molar-refractivity contribution in [2.45, 2.75) is 44.7 Å². The number of hydrogen-bond donors (Lipinski definition) is 3. The molecule has 0 spiro atoms. The van der Waals surface area contributed by atoms with E-state index in [4.69, 9.17) is 5.73 Å². The number of amides is 2. The van der Waals surface area contributed by atoms with E-state index < -0.39 is 0 Å². The first-order valence-corrected chi connectivity index (χ1v) is 5.41. The Labute approximate surface area is 89.8 Å². The van der Waals surface area contributed by atoms with Gasteiger partial charge in [0.05, 0.1) is 6.04 Å². The number of hydrogen-bond acceptors (Lipinski definition) is 3. The molecule has 5 heteroatoms. The molecule has 2 amide bonds. The summed E-state index contributed by atoms with van der Waals surface area (Å²) in [5.74, 6) is -0.261. The van der Waals surface area contributed by atoms with Gasteiger partial charge in [-0.2, -0.15) is 0 Å². The van der Waals surface area contributed by atoms with E-state index in [1.807, 2.05) is 6.92 Å². The van der Waals surface area contributed by atoms with Crippen LogP contribution in [0.3, 0.4) is 0 Å². The van der Waals surface area contributed by atoms with Crippen molar-refractivity contribution in [2.24, 2.45) is 5.73 Å². The standard InChI is InChI=1S/C10H19N3O2/c1-7(10(15)13-8-4-5-8)12-6-2-3-9(11)14/h7-8,12H,2-6H2,1H3,(H2,11,14)(H,13,15). The molecule has 0 aromatic heterocycles.